The molecule has 0 spiro atoms. The third-order valence-corrected chi connectivity index (χ3v) is 14.3. The first kappa shape index (κ1) is 58.1. The van der Waals surface area contributed by atoms with E-state index in [0.717, 1.165) is 5.57 Å². The predicted octanol–water partition coefficient (Wildman–Crippen LogP) is 5.85. The van der Waals surface area contributed by atoms with Gasteiger partial charge in [-0.05, 0) is 46.1 Å². The van der Waals surface area contributed by atoms with Gasteiger partial charge in [-0.15, -0.1) is 12.3 Å². The van der Waals surface area contributed by atoms with Crippen LogP contribution in [0.1, 0.15) is 114 Å². The SMILES string of the molecule is C#CCCC1(CCC(=O)O[C@H]2C[C@@H](O[C@@H]3C[C@](O)([C@@H](C)[C@H](O)[C@H](C)[C@H]4OC(=O)/C(OC)=C/C(C)=C/[C@@H](C)[C@@H](O)[C@@H](C)[C@@H](O)[C@H](C)C/C(C)=C/C=C/[C@@H]4O)O[C@H](/C=C/C)[C@H]3C)O[C@@H](C)[C@@H]2OC(N)=O)N=N1. The molecule has 4 aliphatic heterocycles. The number of nitrogens with two attached hydrogens (primary N) is 1. The smallest absolute Gasteiger partial charge is 0.404 e. The topological polar surface area (TPSA) is 268 Å². The number of terminal acetylenes is 1. The van der Waals surface area contributed by atoms with E-state index in [2.05, 4.69) is 16.1 Å². The van der Waals surface area contributed by atoms with Gasteiger partial charge in [-0.3, -0.25) is 4.79 Å². The second kappa shape index (κ2) is 25.8. The van der Waals surface area contributed by atoms with Gasteiger partial charge in [0.15, 0.2) is 23.8 Å². The lowest BCUT2D eigenvalue weighted by atomic mass is 9.77. The van der Waals surface area contributed by atoms with Gasteiger partial charge in [0, 0.05) is 68.1 Å². The molecule has 0 unspecified atom stereocenters. The molecule has 0 radical (unpaired) electrons. The molecule has 18 heteroatoms. The monoisotopic (exact) mass is 986 g/mol. The Kier molecular flexibility index (Phi) is 21.4. The van der Waals surface area contributed by atoms with Crippen LogP contribution in [0.5, 0.6) is 0 Å². The highest BCUT2D eigenvalue weighted by atomic mass is 16.7. The first-order valence-corrected chi connectivity index (χ1v) is 24.5. The molecule has 4 rings (SSSR count). The minimum Gasteiger partial charge on any atom is -0.490 e. The number of methoxy groups -OCH3 is 1. The zero-order valence-corrected chi connectivity index (χ0v) is 42.7. The van der Waals surface area contributed by atoms with Crippen LogP contribution in [0.3, 0.4) is 0 Å². The Morgan fingerprint density at radius 3 is 2.34 bits per heavy atom. The summed E-state index contributed by atoms with van der Waals surface area (Å²) in [5.41, 5.74) is 6.14. The Labute approximate surface area is 413 Å². The van der Waals surface area contributed by atoms with Gasteiger partial charge in [-0.2, -0.15) is 10.2 Å². The summed E-state index contributed by atoms with van der Waals surface area (Å²) in [6.45, 7) is 17.6. The van der Waals surface area contributed by atoms with Gasteiger partial charge in [-0.1, -0.05) is 89.1 Å². The van der Waals surface area contributed by atoms with Crippen molar-refractivity contribution in [1.29, 1.82) is 0 Å². The quantitative estimate of drug-likeness (QED) is 0.0487. The molecule has 0 aromatic heterocycles. The molecule has 4 aliphatic rings. The molecular formula is C52H79N3O15. The van der Waals surface area contributed by atoms with E-state index in [9.17, 15) is 39.9 Å². The minimum absolute atomic E-state index is 0.0349. The third kappa shape index (κ3) is 15.5. The molecule has 392 valence electrons. The van der Waals surface area contributed by atoms with Crippen LogP contribution in [0, 0.1) is 47.9 Å². The first-order chi connectivity index (χ1) is 32.9. The Balaban J connectivity index is 1.60. The van der Waals surface area contributed by atoms with E-state index in [4.69, 9.17) is 45.3 Å². The number of esters is 2. The molecule has 0 saturated carbocycles. The van der Waals surface area contributed by atoms with E-state index >= 15 is 0 Å². The Hall–Kier alpha value is -4.45. The third-order valence-electron chi connectivity index (χ3n) is 14.3. The Morgan fingerprint density at radius 2 is 1.73 bits per heavy atom. The number of aliphatic hydroxyl groups is 5. The highest BCUT2D eigenvalue weighted by Crippen LogP contribution is 2.43. The summed E-state index contributed by atoms with van der Waals surface area (Å²) in [7, 11) is 1.29. The fraction of sp³-hybridized carbons (Fsp3) is 0.712. The molecule has 1 amide bonds. The highest BCUT2D eigenvalue weighted by Gasteiger charge is 2.53. The van der Waals surface area contributed by atoms with E-state index in [1.165, 1.54) is 19.3 Å². The molecule has 4 heterocycles. The molecule has 7 N–H and O–H groups in total. The normalized spacial score (nSPS) is 39.4. The van der Waals surface area contributed by atoms with E-state index in [0.29, 0.717) is 24.8 Å². The second-order valence-electron chi connectivity index (χ2n) is 19.9. The fourth-order valence-electron chi connectivity index (χ4n) is 9.74. The highest BCUT2D eigenvalue weighted by molar-refractivity contribution is 5.87. The zero-order chi connectivity index (χ0) is 52.2. The van der Waals surface area contributed by atoms with Gasteiger partial charge >= 0.3 is 18.0 Å². The van der Waals surface area contributed by atoms with Crippen LogP contribution in [0.2, 0.25) is 0 Å². The lowest BCUT2D eigenvalue weighted by Crippen LogP contribution is -2.59. The molecule has 0 aromatic rings. The van der Waals surface area contributed by atoms with Crippen molar-refractivity contribution in [3.05, 3.63) is 59.4 Å². The fourth-order valence-corrected chi connectivity index (χ4v) is 9.74. The number of primary amides is 1. The van der Waals surface area contributed by atoms with Gasteiger partial charge in [0.25, 0.3) is 0 Å². The molecule has 18 nitrogen and oxygen atoms in total. The summed E-state index contributed by atoms with van der Waals surface area (Å²) < 4.78 is 41.8. The van der Waals surface area contributed by atoms with Crippen molar-refractivity contribution in [1.82, 2.24) is 0 Å². The summed E-state index contributed by atoms with van der Waals surface area (Å²) in [4.78, 5) is 39.0. The number of nitrogens with zero attached hydrogens (tertiary/aromatic N) is 2. The Bertz CT molecular complexity index is 2010. The van der Waals surface area contributed by atoms with E-state index < -0.39 is 126 Å². The van der Waals surface area contributed by atoms with Crippen LogP contribution in [-0.4, -0.2) is 129 Å². The summed E-state index contributed by atoms with van der Waals surface area (Å²) in [5, 5.41) is 66.9. The van der Waals surface area contributed by atoms with Crippen LogP contribution in [0.4, 0.5) is 4.79 Å². The number of hydrogen-bond acceptors (Lipinski definition) is 17. The van der Waals surface area contributed by atoms with Crippen LogP contribution in [0.25, 0.3) is 0 Å². The number of hydrogen-bond donors (Lipinski definition) is 6. The molecule has 0 bridgehead atoms. The van der Waals surface area contributed by atoms with Crippen molar-refractivity contribution in [3.8, 4) is 12.3 Å². The summed E-state index contributed by atoms with van der Waals surface area (Å²) in [5.74, 6) is -4.89. The molecule has 2 saturated heterocycles. The lowest BCUT2D eigenvalue weighted by Gasteiger charge is -2.50. The van der Waals surface area contributed by atoms with Gasteiger partial charge < -0.3 is 64.4 Å². The molecule has 70 heavy (non-hydrogen) atoms. The largest absolute Gasteiger partial charge is 0.490 e. The molecule has 18 atom stereocenters. The molecular weight excluding hydrogens is 907 g/mol. The average molecular weight is 986 g/mol. The van der Waals surface area contributed by atoms with Crippen molar-refractivity contribution in [2.24, 2.45) is 51.5 Å². The van der Waals surface area contributed by atoms with E-state index in [1.54, 1.807) is 71.9 Å². The minimum atomic E-state index is -2.08. The number of cyclic esters (lactones) is 1. The number of amides is 1. The number of carbonyl (C=O) groups excluding carboxylic acids is 3. The maximum Gasteiger partial charge on any atom is 0.404 e. The van der Waals surface area contributed by atoms with E-state index in [1.807, 2.05) is 27.7 Å². The molecule has 2 fully saturated rings. The lowest BCUT2D eigenvalue weighted by molar-refractivity contribution is -0.339. The van der Waals surface area contributed by atoms with E-state index in [-0.39, 0.29) is 37.4 Å². The maximum absolute atomic E-state index is 13.9. The first-order valence-electron chi connectivity index (χ1n) is 24.5. The van der Waals surface area contributed by atoms with Crippen molar-refractivity contribution in [2.75, 3.05) is 7.11 Å². The summed E-state index contributed by atoms with van der Waals surface area (Å²) >= 11 is 0. The Morgan fingerprint density at radius 1 is 1.04 bits per heavy atom. The van der Waals surface area contributed by atoms with Crippen LogP contribution >= 0.6 is 0 Å². The van der Waals surface area contributed by atoms with Crippen molar-refractivity contribution < 1.29 is 73.1 Å². The number of rotatable bonds is 15. The predicted molar refractivity (Wildman–Crippen MR) is 258 cm³/mol. The van der Waals surface area contributed by atoms with Crippen LogP contribution in [-0.2, 0) is 42.7 Å². The maximum atomic E-state index is 13.9. The van der Waals surface area contributed by atoms with Crippen molar-refractivity contribution in [3.63, 3.8) is 0 Å². The zero-order valence-electron chi connectivity index (χ0n) is 42.7. The van der Waals surface area contributed by atoms with Crippen LogP contribution < -0.4 is 5.73 Å². The van der Waals surface area contributed by atoms with Crippen molar-refractivity contribution >= 4 is 18.0 Å². The van der Waals surface area contributed by atoms with Gasteiger partial charge in [0.1, 0.15) is 18.3 Å². The van der Waals surface area contributed by atoms with Crippen molar-refractivity contribution in [2.45, 2.75) is 193 Å². The number of carbonyl (C=O) groups is 3. The number of ether oxygens (including phenoxy) is 7. The van der Waals surface area contributed by atoms with Gasteiger partial charge in [0.2, 0.25) is 5.76 Å². The second-order valence-corrected chi connectivity index (χ2v) is 19.9. The summed E-state index contributed by atoms with van der Waals surface area (Å²) in [6.07, 6.45) is 5.74. The average Bonchev–Trinajstić information content (AvgIpc) is 4.09. The summed E-state index contributed by atoms with van der Waals surface area (Å²) in [6, 6.07) is 0. The van der Waals surface area contributed by atoms with Gasteiger partial charge in [-0.25, -0.2) is 9.59 Å². The van der Waals surface area contributed by atoms with Crippen LogP contribution in [0.15, 0.2) is 69.7 Å². The standard InChI is InChI=1S/C52H79N3O15/c1-13-15-21-51(54-55-51)22-20-42(57)66-39-26-43(65-36(11)48(39)69-50(53)62)67-41-27-52(63,70-38(17-14-2)32(41)7)35(10)46(60)34(9)47-37(56)19-16-18-28(3)23-30(5)44(58)33(8)45(59)31(6)24-29(4)25-40(64-12)49(61)68-47/h1,14,16-19,24-25,30-39,41,43-48,56,58-60,63H,15,20-23,26-27H2,2-12H3,(H2,53,62)/b17-14+,19-16+,28-18+,29-24+,40-25-/t30-,31-,32-,33+,34+,35+,36+,37+,38-,39+,41-,43-,44+,45-,46-,47-,48+,52-/m1/s1. The molecule has 0 aromatic carbocycles. The number of allylic oxidation sites excluding steroid dienone is 6. The molecule has 0 aliphatic carbocycles. The van der Waals surface area contributed by atoms with Gasteiger partial charge in [0.05, 0.1) is 43.7 Å². The number of aliphatic hydroxyl groups excluding tert-OH is 4.